The topological polar surface area (TPSA) is 99.4 Å². The molecule has 0 aliphatic heterocycles. The Morgan fingerprint density at radius 2 is 0.675 bits per heavy atom. The number of pyridine rings is 3. The number of hydrogen-bond donors (Lipinski definition) is 3. The predicted octanol–water partition coefficient (Wildman–Crippen LogP) is 9.74. The van der Waals surface area contributed by atoms with Crippen LogP contribution in [0.4, 0.5) is 0 Å². The minimum absolute atomic E-state index is 0. The molecule has 0 atom stereocenters. The van der Waals surface area contributed by atoms with E-state index in [1.165, 1.54) is 18.2 Å². The van der Waals surface area contributed by atoms with Gasteiger partial charge in [-0.1, -0.05) is 69.6 Å². The number of aromatic hydroxyl groups is 3. The fourth-order valence-corrected chi connectivity index (χ4v) is 5.02. The summed E-state index contributed by atoms with van der Waals surface area (Å²) in [5.41, 5.74) is 1.29. The van der Waals surface area contributed by atoms with Crippen molar-refractivity contribution in [3.05, 3.63) is 103 Å². The molecule has 0 saturated heterocycles. The van der Waals surface area contributed by atoms with E-state index in [2.05, 4.69) is 15.0 Å². The van der Waals surface area contributed by atoms with Crippen LogP contribution in [0.25, 0.3) is 32.7 Å². The summed E-state index contributed by atoms with van der Waals surface area (Å²) in [5, 5.41) is 32.8. The zero-order valence-electron chi connectivity index (χ0n) is 19.7. The SMILES string of the molecule is Oc1c(Cl)cc(Cl)c2cccnc12.Oc1c(Cl)cc(Cl)c2cccnc12.Oc1c(Cl)cc(Cl)c2cccnc12.[Dy]. The van der Waals surface area contributed by atoms with Crippen molar-refractivity contribution in [2.75, 3.05) is 0 Å². The van der Waals surface area contributed by atoms with E-state index in [-0.39, 0.29) is 70.5 Å². The zero-order valence-corrected chi connectivity index (χ0v) is 26.3. The third-order valence-electron chi connectivity index (χ3n) is 5.31. The number of rotatable bonds is 0. The van der Waals surface area contributed by atoms with E-state index in [0.717, 1.165) is 0 Å². The van der Waals surface area contributed by atoms with Gasteiger partial charge in [0, 0.05) is 72.9 Å². The van der Waals surface area contributed by atoms with Crippen molar-refractivity contribution in [3.8, 4) is 17.2 Å². The van der Waals surface area contributed by atoms with Gasteiger partial charge in [0.1, 0.15) is 16.6 Å². The number of nitrogens with zero attached hydrogens (tertiary/aromatic N) is 3. The summed E-state index contributed by atoms with van der Waals surface area (Å²) in [6, 6.07) is 15.1. The maximum absolute atomic E-state index is 9.53. The Balaban J connectivity index is 0.000000163. The molecule has 3 heterocycles. The third kappa shape index (κ3) is 7.19. The van der Waals surface area contributed by atoms with Crippen LogP contribution in [-0.4, -0.2) is 30.3 Å². The number of hydrogen-bond acceptors (Lipinski definition) is 6. The average molecular weight is 805 g/mol. The normalized spacial score (nSPS) is 10.3. The molecule has 3 aromatic carbocycles. The molecule has 0 aliphatic rings. The van der Waals surface area contributed by atoms with Crippen molar-refractivity contribution < 1.29 is 53.5 Å². The van der Waals surface area contributed by atoms with Gasteiger partial charge in [-0.2, -0.15) is 0 Å². The van der Waals surface area contributed by atoms with E-state index in [0.29, 0.717) is 47.8 Å². The van der Waals surface area contributed by atoms with Crippen LogP contribution in [0.3, 0.4) is 0 Å². The Labute approximate surface area is 288 Å². The second kappa shape index (κ2) is 14.5. The molecule has 0 bridgehead atoms. The van der Waals surface area contributed by atoms with E-state index < -0.39 is 0 Å². The van der Waals surface area contributed by atoms with Gasteiger partial charge in [0.25, 0.3) is 0 Å². The molecular weight excluding hydrogens is 790 g/mol. The first kappa shape index (κ1) is 32.8. The number of aromatic nitrogens is 3. The minimum Gasteiger partial charge on any atom is -0.504 e. The molecule has 6 aromatic rings. The predicted molar refractivity (Wildman–Crippen MR) is 160 cm³/mol. The summed E-state index contributed by atoms with van der Waals surface area (Å²) in [4.78, 5) is 12.0. The van der Waals surface area contributed by atoms with E-state index >= 15 is 0 Å². The first-order valence-electron chi connectivity index (χ1n) is 10.8. The van der Waals surface area contributed by atoms with Gasteiger partial charge in [-0.15, -0.1) is 0 Å². The molecule has 13 heteroatoms. The van der Waals surface area contributed by atoms with Crippen molar-refractivity contribution in [1.82, 2.24) is 15.0 Å². The van der Waals surface area contributed by atoms with Gasteiger partial charge in [-0.3, -0.25) is 15.0 Å². The van der Waals surface area contributed by atoms with Crippen molar-refractivity contribution in [2.45, 2.75) is 0 Å². The molecule has 0 saturated carbocycles. The monoisotopic (exact) mass is 803 g/mol. The maximum atomic E-state index is 9.53. The molecule has 0 radical (unpaired) electrons. The van der Waals surface area contributed by atoms with E-state index in [1.54, 1.807) is 55.0 Å². The van der Waals surface area contributed by atoms with E-state index in [4.69, 9.17) is 69.6 Å². The molecule has 0 aliphatic carbocycles. The first-order valence-corrected chi connectivity index (χ1v) is 13.1. The standard InChI is InChI=1S/3C9H5Cl2NO.Dy/c3*10-6-4-7(11)9(13)8-5(6)2-1-3-12-8;/h3*1-4,13H;. The number of fused-ring (bicyclic) bond motifs is 3. The van der Waals surface area contributed by atoms with Crippen LogP contribution >= 0.6 is 69.6 Å². The van der Waals surface area contributed by atoms with Crippen molar-refractivity contribution in [1.29, 1.82) is 0 Å². The fourth-order valence-electron chi connectivity index (χ4n) is 3.47. The van der Waals surface area contributed by atoms with Crippen LogP contribution in [0.2, 0.25) is 30.1 Å². The van der Waals surface area contributed by atoms with Gasteiger partial charge < -0.3 is 15.3 Å². The first-order chi connectivity index (χ1) is 18.6. The van der Waals surface area contributed by atoms with Crippen LogP contribution in [0.1, 0.15) is 0 Å². The number of phenols is 3. The molecule has 0 fully saturated rings. The zero-order chi connectivity index (χ0) is 28.3. The number of phenolic OH excluding ortho intramolecular Hbond substituents is 3. The molecule has 0 unspecified atom stereocenters. The molecule has 3 N–H and O–H groups in total. The Morgan fingerprint density at radius 1 is 0.425 bits per heavy atom. The van der Waals surface area contributed by atoms with Gasteiger partial charge in [-0.25, -0.2) is 0 Å². The Morgan fingerprint density at radius 3 is 0.925 bits per heavy atom. The molecule has 0 spiro atoms. The van der Waals surface area contributed by atoms with Crippen LogP contribution < -0.4 is 0 Å². The molecular formula is C27H15Cl6DyN3O3. The van der Waals surface area contributed by atoms with Crippen LogP contribution in [0.5, 0.6) is 17.2 Å². The molecule has 6 rings (SSSR count). The Bertz CT molecular complexity index is 1630. The van der Waals surface area contributed by atoms with Gasteiger partial charge in [0.15, 0.2) is 17.2 Å². The molecule has 208 valence electrons. The quantitative estimate of drug-likeness (QED) is 0.142. The number of halogens is 6. The number of benzene rings is 3. The summed E-state index contributed by atoms with van der Waals surface area (Å²) in [5.74, 6) is -0.0787. The molecule has 3 aromatic heterocycles. The summed E-state index contributed by atoms with van der Waals surface area (Å²) in [6.45, 7) is 0. The smallest absolute Gasteiger partial charge is 0.160 e. The Hall–Kier alpha value is -1.70. The fraction of sp³-hybridized carbons (Fsp3) is 0. The van der Waals surface area contributed by atoms with Crippen LogP contribution in [-0.2, 0) is 0 Å². The average Bonchev–Trinajstić information content (AvgIpc) is 2.94. The second-order valence-corrected chi connectivity index (χ2v) is 10.2. The second-order valence-electron chi connectivity index (χ2n) is 7.77. The van der Waals surface area contributed by atoms with Gasteiger partial charge in [-0.05, 0) is 54.6 Å². The van der Waals surface area contributed by atoms with E-state index in [1.807, 2.05) is 0 Å². The van der Waals surface area contributed by atoms with Crippen molar-refractivity contribution in [3.63, 3.8) is 0 Å². The molecule has 6 nitrogen and oxygen atoms in total. The summed E-state index contributed by atoms with van der Waals surface area (Å²) >= 11 is 34.9. The Kier molecular flexibility index (Phi) is 11.9. The van der Waals surface area contributed by atoms with Gasteiger partial charge >= 0.3 is 0 Å². The van der Waals surface area contributed by atoms with Crippen LogP contribution in [0.15, 0.2) is 73.2 Å². The van der Waals surface area contributed by atoms with E-state index in [9.17, 15) is 15.3 Å². The van der Waals surface area contributed by atoms with Gasteiger partial charge in [0.2, 0.25) is 0 Å². The van der Waals surface area contributed by atoms with Crippen molar-refractivity contribution >= 4 is 102 Å². The molecule has 0 amide bonds. The maximum Gasteiger partial charge on any atom is 0.160 e. The largest absolute Gasteiger partial charge is 0.504 e. The minimum atomic E-state index is -0.0262. The van der Waals surface area contributed by atoms with Crippen molar-refractivity contribution in [2.24, 2.45) is 0 Å². The molecule has 40 heavy (non-hydrogen) atoms. The third-order valence-corrected chi connectivity index (χ3v) is 7.11. The summed E-state index contributed by atoms with van der Waals surface area (Å²) in [6.07, 6.45) is 4.73. The summed E-state index contributed by atoms with van der Waals surface area (Å²) in [7, 11) is 0. The van der Waals surface area contributed by atoms with Gasteiger partial charge in [0.05, 0.1) is 30.1 Å². The summed E-state index contributed by atoms with van der Waals surface area (Å²) < 4.78 is 0. The van der Waals surface area contributed by atoms with Crippen LogP contribution in [0, 0.1) is 38.2 Å².